The lowest BCUT2D eigenvalue weighted by molar-refractivity contribution is 0.216. The molecule has 0 saturated heterocycles. The fraction of sp³-hybridized carbons (Fsp3) is 0.211. The van der Waals surface area contributed by atoms with Crippen LogP contribution in [0.3, 0.4) is 0 Å². The molecule has 5 heteroatoms. The van der Waals surface area contributed by atoms with Gasteiger partial charge in [0.2, 0.25) is 0 Å². The first kappa shape index (κ1) is 16.6. The van der Waals surface area contributed by atoms with Crippen LogP contribution >= 0.6 is 11.6 Å². The zero-order valence-corrected chi connectivity index (χ0v) is 14.2. The number of para-hydroxylation sites is 1. The molecular weight excluding hydrogens is 324 g/mol. The van der Waals surface area contributed by atoms with E-state index in [2.05, 4.69) is 10.1 Å². The van der Waals surface area contributed by atoms with Crippen molar-refractivity contribution in [1.82, 2.24) is 10.1 Å². The van der Waals surface area contributed by atoms with Gasteiger partial charge in [0.05, 0.1) is 6.54 Å². The van der Waals surface area contributed by atoms with Crippen molar-refractivity contribution in [2.45, 2.75) is 6.54 Å². The summed E-state index contributed by atoms with van der Waals surface area (Å²) < 4.78 is 11.1. The van der Waals surface area contributed by atoms with E-state index in [1.807, 2.05) is 67.7 Å². The Morgan fingerprint density at radius 1 is 1.08 bits per heavy atom. The number of hydrogen-bond donors (Lipinski definition) is 0. The molecule has 0 radical (unpaired) electrons. The summed E-state index contributed by atoms with van der Waals surface area (Å²) in [4.78, 5) is 2.13. The molecule has 0 N–H and O–H groups in total. The number of rotatable bonds is 7. The molecule has 124 valence electrons. The van der Waals surface area contributed by atoms with E-state index in [1.54, 1.807) is 0 Å². The Hall–Kier alpha value is -2.30. The molecule has 1 aromatic heterocycles. The lowest BCUT2D eigenvalue weighted by Gasteiger charge is -2.15. The van der Waals surface area contributed by atoms with E-state index in [9.17, 15) is 0 Å². The number of aromatic nitrogens is 1. The van der Waals surface area contributed by atoms with Gasteiger partial charge in [-0.15, -0.1) is 0 Å². The monoisotopic (exact) mass is 342 g/mol. The first-order valence-electron chi connectivity index (χ1n) is 7.78. The van der Waals surface area contributed by atoms with Gasteiger partial charge in [-0.1, -0.05) is 47.1 Å². The van der Waals surface area contributed by atoms with E-state index in [4.69, 9.17) is 20.9 Å². The Bertz CT molecular complexity index is 757. The summed E-state index contributed by atoms with van der Waals surface area (Å²) in [6, 6.07) is 19.3. The minimum absolute atomic E-state index is 0.624. The van der Waals surface area contributed by atoms with Crippen molar-refractivity contribution >= 4 is 11.6 Å². The summed E-state index contributed by atoms with van der Waals surface area (Å²) >= 11 is 5.90. The third-order valence-electron chi connectivity index (χ3n) is 3.61. The van der Waals surface area contributed by atoms with Crippen LogP contribution in [0.5, 0.6) is 5.75 Å². The fourth-order valence-corrected chi connectivity index (χ4v) is 2.45. The second-order valence-corrected chi connectivity index (χ2v) is 6.02. The zero-order chi connectivity index (χ0) is 16.8. The predicted molar refractivity (Wildman–Crippen MR) is 95.2 cm³/mol. The van der Waals surface area contributed by atoms with Crippen molar-refractivity contribution in [2.75, 3.05) is 20.2 Å². The second kappa shape index (κ2) is 7.99. The topological polar surface area (TPSA) is 38.5 Å². The molecule has 3 aromatic rings. The summed E-state index contributed by atoms with van der Waals surface area (Å²) in [5, 5.41) is 4.83. The van der Waals surface area contributed by atoms with Gasteiger partial charge in [0, 0.05) is 23.2 Å². The molecule has 0 bridgehead atoms. The molecule has 0 aliphatic heterocycles. The Morgan fingerprint density at radius 2 is 1.83 bits per heavy atom. The van der Waals surface area contributed by atoms with Crippen molar-refractivity contribution < 1.29 is 9.26 Å². The molecule has 0 aliphatic carbocycles. The van der Waals surface area contributed by atoms with Crippen LogP contribution in [0.4, 0.5) is 0 Å². The van der Waals surface area contributed by atoms with E-state index < -0.39 is 0 Å². The van der Waals surface area contributed by atoms with E-state index in [1.165, 1.54) is 0 Å². The van der Waals surface area contributed by atoms with Crippen molar-refractivity contribution in [1.29, 1.82) is 0 Å². The van der Waals surface area contributed by atoms with Crippen LogP contribution in [0, 0.1) is 0 Å². The van der Waals surface area contributed by atoms with Crippen LogP contribution in [0.1, 0.15) is 5.76 Å². The first-order valence-corrected chi connectivity index (χ1v) is 8.16. The summed E-state index contributed by atoms with van der Waals surface area (Å²) in [5.74, 6) is 1.71. The Kier molecular flexibility index (Phi) is 5.51. The number of benzene rings is 2. The number of hydrogen-bond acceptors (Lipinski definition) is 4. The lowest BCUT2D eigenvalue weighted by Crippen LogP contribution is -2.23. The van der Waals surface area contributed by atoms with Crippen molar-refractivity contribution in [2.24, 2.45) is 0 Å². The normalized spacial score (nSPS) is 11.0. The van der Waals surface area contributed by atoms with Gasteiger partial charge in [0.25, 0.3) is 0 Å². The first-order chi connectivity index (χ1) is 11.7. The fourth-order valence-electron chi connectivity index (χ4n) is 2.33. The third kappa shape index (κ3) is 4.60. The summed E-state index contributed by atoms with van der Waals surface area (Å²) in [6.45, 7) is 2.10. The number of likely N-dealkylation sites (N-methyl/N-ethyl adjacent to an activating group) is 1. The largest absolute Gasteiger partial charge is 0.492 e. The van der Waals surface area contributed by atoms with Crippen LogP contribution in [0.15, 0.2) is 65.2 Å². The Morgan fingerprint density at radius 3 is 2.58 bits per heavy atom. The molecule has 0 aliphatic rings. The van der Waals surface area contributed by atoms with Gasteiger partial charge in [-0.05, 0) is 31.3 Å². The molecule has 24 heavy (non-hydrogen) atoms. The lowest BCUT2D eigenvalue weighted by atomic mass is 10.1. The zero-order valence-electron chi connectivity index (χ0n) is 13.5. The highest BCUT2D eigenvalue weighted by Crippen LogP contribution is 2.21. The molecule has 3 rings (SSSR count). The molecule has 0 amide bonds. The number of ether oxygens (including phenoxy) is 1. The Labute approximate surface area is 146 Å². The predicted octanol–water partition coefficient (Wildman–Crippen LogP) is 4.51. The van der Waals surface area contributed by atoms with Crippen LogP contribution in [-0.4, -0.2) is 30.3 Å². The molecule has 0 saturated carbocycles. The molecule has 0 fully saturated rings. The maximum Gasteiger partial charge on any atom is 0.151 e. The van der Waals surface area contributed by atoms with Crippen molar-refractivity contribution in [3.05, 3.63) is 71.4 Å². The van der Waals surface area contributed by atoms with Crippen molar-refractivity contribution in [3.8, 4) is 17.0 Å². The summed E-state index contributed by atoms with van der Waals surface area (Å²) in [7, 11) is 2.03. The highest BCUT2D eigenvalue weighted by Gasteiger charge is 2.09. The summed E-state index contributed by atoms with van der Waals surface area (Å²) in [6.07, 6.45) is 0. The molecule has 4 nitrogen and oxygen atoms in total. The van der Waals surface area contributed by atoms with Crippen LogP contribution < -0.4 is 4.74 Å². The standard InChI is InChI=1S/C19H19ClN2O2/c1-22(11-12-23-17-5-3-2-4-6-17)14-18-13-19(21-24-18)15-7-9-16(20)10-8-15/h2-10,13H,11-12,14H2,1H3. The van der Waals surface area contributed by atoms with Gasteiger partial charge in [-0.2, -0.15) is 0 Å². The Balaban J connectivity index is 1.50. The highest BCUT2D eigenvalue weighted by atomic mass is 35.5. The van der Waals surface area contributed by atoms with Gasteiger partial charge in [0.15, 0.2) is 5.76 Å². The van der Waals surface area contributed by atoms with Gasteiger partial charge >= 0.3 is 0 Å². The van der Waals surface area contributed by atoms with Crippen LogP contribution in [0.25, 0.3) is 11.3 Å². The number of nitrogens with zero attached hydrogens (tertiary/aromatic N) is 2. The SMILES string of the molecule is CN(CCOc1ccccc1)Cc1cc(-c2ccc(Cl)cc2)no1. The molecule has 2 aromatic carbocycles. The minimum atomic E-state index is 0.624. The van der Waals surface area contributed by atoms with E-state index >= 15 is 0 Å². The quantitative estimate of drug-likeness (QED) is 0.633. The maximum atomic E-state index is 5.90. The van der Waals surface area contributed by atoms with Crippen LogP contribution in [-0.2, 0) is 6.54 Å². The molecule has 1 heterocycles. The summed E-state index contributed by atoms with van der Waals surface area (Å²) in [5.41, 5.74) is 1.81. The van der Waals surface area contributed by atoms with Gasteiger partial charge in [-0.25, -0.2) is 0 Å². The molecule has 0 atom stereocenters. The molecule has 0 spiro atoms. The van der Waals surface area contributed by atoms with E-state index in [0.29, 0.717) is 18.2 Å². The highest BCUT2D eigenvalue weighted by molar-refractivity contribution is 6.30. The van der Waals surface area contributed by atoms with Gasteiger partial charge < -0.3 is 9.26 Å². The van der Waals surface area contributed by atoms with Crippen molar-refractivity contribution in [3.63, 3.8) is 0 Å². The van der Waals surface area contributed by atoms with E-state index in [0.717, 1.165) is 29.3 Å². The third-order valence-corrected chi connectivity index (χ3v) is 3.86. The number of halogens is 1. The minimum Gasteiger partial charge on any atom is -0.492 e. The average Bonchev–Trinajstić information content (AvgIpc) is 3.05. The average molecular weight is 343 g/mol. The second-order valence-electron chi connectivity index (χ2n) is 5.58. The maximum absolute atomic E-state index is 5.90. The molecule has 0 unspecified atom stereocenters. The van der Waals surface area contributed by atoms with Gasteiger partial charge in [-0.3, -0.25) is 4.90 Å². The molecular formula is C19H19ClN2O2. The van der Waals surface area contributed by atoms with Crippen LogP contribution in [0.2, 0.25) is 5.02 Å². The smallest absolute Gasteiger partial charge is 0.151 e. The van der Waals surface area contributed by atoms with E-state index in [-0.39, 0.29) is 0 Å². The van der Waals surface area contributed by atoms with Gasteiger partial charge in [0.1, 0.15) is 18.1 Å².